The van der Waals surface area contributed by atoms with Crippen LogP contribution in [0.15, 0.2) is 121 Å². The molecule has 0 bridgehead atoms. The van der Waals surface area contributed by atoms with E-state index in [0.29, 0.717) is 12.5 Å². The van der Waals surface area contributed by atoms with Gasteiger partial charge in [-0.05, 0) is 152 Å². The summed E-state index contributed by atoms with van der Waals surface area (Å²) >= 11 is 0. The fourth-order valence-electron chi connectivity index (χ4n) is 9.75. The molecule has 4 aromatic carbocycles. The minimum Gasteiger partial charge on any atom is -0.384 e. The molecule has 10 heteroatoms. The monoisotopic (exact) mass is 1350 g/mol. The Balaban J connectivity index is -0.00000103. The Kier molecular flexibility index (Phi) is 55.3. The van der Waals surface area contributed by atoms with Crippen molar-refractivity contribution in [2.75, 3.05) is 20.3 Å². The molecule has 0 spiro atoms. The molecule has 9 rings (SSSR count). The van der Waals surface area contributed by atoms with Crippen LogP contribution in [0.4, 0.5) is 13.2 Å². The van der Waals surface area contributed by atoms with E-state index in [1.54, 1.807) is 40.0 Å². The maximum absolute atomic E-state index is 12.4. The molecule has 7 nitrogen and oxygen atoms in total. The fraction of sp³-hybridized carbons (Fsp3) is 0.461. The Bertz CT molecular complexity index is 3210. The summed E-state index contributed by atoms with van der Waals surface area (Å²) < 4.78 is 41.6. The van der Waals surface area contributed by atoms with Crippen LogP contribution < -0.4 is 0 Å². The number of ether oxygens (including phenoxy) is 1. The second-order valence-electron chi connectivity index (χ2n) is 24.4. The van der Waals surface area contributed by atoms with Crippen molar-refractivity contribution >= 4 is 0 Å². The Morgan fingerprint density at radius 2 is 0.828 bits per heavy atom. The lowest BCUT2D eigenvalue weighted by Crippen LogP contribution is -2.40. The van der Waals surface area contributed by atoms with Gasteiger partial charge in [-0.15, -0.1) is 101 Å². The molecule has 99 heavy (non-hydrogen) atoms. The number of rotatable bonds is 7. The summed E-state index contributed by atoms with van der Waals surface area (Å²) in [5, 5.41) is 53.8. The van der Waals surface area contributed by atoms with E-state index in [1.807, 2.05) is 72.7 Å². The van der Waals surface area contributed by atoms with E-state index in [0.717, 1.165) is 112 Å². The molecular formula is C89H109F3O7. The van der Waals surface area contributed by atoms with Gasteiger partial charge < -0.3 is 35.4 Å². The van der Waals surface area contributed by atoms with Gasteiger partial charge in [0.1, 0.15) is 35.6 Å². The zero-order chi connectivity index (χ0) is 75.2. The number of benzene rings is 4. The van der Waals surface area contributed by atoms with Crippen molar-refractivity contribution in [3.63, 3.8) is 0 Å². The van der Waals surface area contributed by atoms with Crippen molar-refractivity contribution in [1.82, 2.24) is 0 Å². The molecule has 2 unspecified atom stereocenters. The maximum Gasteiger partial charge on any atom is 0.433 e. The summed E-state index contributed by atoms with van der Waals surface area (Å²) in [4.78, 5) is 0. The Morgan fingerprint density at radius 1 is 0.465 bits per heavy atom. The second kappa shape index (κ2) is 58.1. The third kappa shape index (κ3) is 49.3. The maximum atomic E-state index is 12.4. The molecule has 5 fully saturated rings. The number of terminal acetylenes is 12. The van der Waals surface area contributed by atoms with Crippen molar-refractivity contribution < 1.29 is 48.5 Å². The molecule has 6 N–H and O–H groups in total. The summed E-state index contributed by atoms with van der Waals surface area (Å²) in [6, 6.07) is 35.6. The molecule has 5 aliphatic carbocycles. The number of halogens is 3. The first-order chi connectivity index (χ1) is 47.2. The number of aliphatic hydroxyl groups excluding tert-OH is 1. The van der Waals surface area contributed by atoms with Crippen molar-refractivity contribution in [3.05, 3.63) is 144 Å². The highest BCUT2D eigenvalue weighted by molar-refractivity contribution is 5.33. The highest BCUT2D eigenvalue weighted by Gasteiger charge is 2.54. The average Bonchev–Trinajstić information content (AvgIpc) is 1.47. The molecule has 2 atom stereocenters. The van der Waals surface area contributed by atoms with Crippen LogP contribution in [0.5, 0.6) is 0 Å². The molecule has 5 aliphatic rings. The fourth-order valence-corrected chi connectivity index (χ4v) is 9.75. The zero-order valence-corrected chi connectivity index (χ0v) is 59.2. The molecule has 528 valence electrons. The van der Waals surface area contributed by atoms with Crippen LogP contribution in [0.1, 0.15) is 204 Å². The summed E-state index contributed by atoms with van der Waals surface area (Å²) in [6.45, 7) is 4.99. The van der Waals surface area contributed by atoms with Crippen molar-refractivity contribution in [2.45, 2.75) is 222 Å². The van der Waals surface area contributed by atoms with E-state index in [9.17, 15) is 33.6 Å². The molecule has 0 aliphatic heterocycles. The predicted molar refractivity (Wildman–Crippen MR) is 405 cm³/mol. The van der Waals surface area contributed by atoms with Gasteiger partial charge >= 0.3 is 6.18 Å². The molecule has 0 heterocycles. The van der Waals surface area contributed by atoms with Crippen LogP contribution in [-0.4, -0.2) is 73.9 Å². The quantitative estimate of drug-likeness (QED) is 0.102. The highest BCUT2D eigenvalue weighted by Crippen LogP contribution is 2.38. The largest absolute Gasteiger partial charge is 0.433 e. The predicted octanol–water partition coefficient (Wildman–Crippen LogP) is 16.6. The van der Waals surface area contributed by atoms with E-state index >= 15 is 0 Å². The number of alkyl halides is 3. The van der Waals surface area contributed by atoms with E-state index in [-0.39, 0.29) is 12.2 Å². The van der Waals surface area contributed by atoms with Gasteiger partial charge in [0, 0.05) is 43.4 Å². The zero-order valence-electron chi connectivity index (χ0n) is 59.2. The van der Waals surface area contributed by atoms with E-state index < -0.39 is 34.2 Å². The van der Waals surface area contributed by atoms with Gasteiger partial charge in [-0.1, -0.05) is 208 Å². The first-order valence-corrected chi connectivity index (χ1v) is 33.6. The normalized spacial score (nSPS) is 16.0. The molecule has 0 saturated heterocycles. The number of hydrogen-bond donors (Lipinski definition) is 6. The van der Waals surface area contributed by atoms with Gasteiger partial charge in [-0.25, -0.2) is 0 Å². The lowest BCUT2D eigenvalue weighted by atomic mass is 9.86. The number of hydrogen-bond acceptors (Lipinski definition) is 7. The van der Waals surface area contributed by atoms with Gasteiger partial charge in [-0.3, -0.25) is 0 Å². The number of methoxy groups -OCH3 is 1. The lowest BCUT2D eigenvalue weighted by molar-refractivity contribution is -0.240. The molecule has 5 saturated carbocycles. The van der Waals surface area contributed by atoms with Crippen molar-refractivity contribution in [2.24, 2.45) is 17.8 Å². The number of aryl methyl sites for hydroxylation is 1. The summed E-state index contributed by atoms with van der Waals surface area (Å²) in [5.74, 6) is 30.7. The number of aliphatic hydroxyl groups is 6. The van der Waals surface area contributed by atoms with Crippen LogP contribution >= 0.6 is 0 Å². The molecule has 4 aromatic rings. The third-order valence-corrected chi connectivity index (χ3v) is 15.7. The Hall–Kier alpha value is -8.89. The molecule has 0 aromatic heterocycles. The summed E-state index contributed by atoms with van der Waals surface area (Å²) in [5.41, 5.74) is -4.10. The van der Waals surface area contributed by atoms with Gasteiger partial charge in [0.05, 0.1) is 0 Å². The summed E-state index contributed by atoms with van der Waals surface area (Å²) in [7, 11) is 1.57. The SMILES string of the molecule is C#CC(C)(C)O.C#CC(C)(O)c1ccccc1.C#CC(O)(c1ccccc1)C(F)(F)F.C#CC1(O)CCCC1.C#CC1(O)CCCCC1.C#CC1CCCC1.C#CCC1CCCC1.C#CCC1CCCCC1.C#CCCc1ccccc1.C#CCO.C#CCOC.C#Cc1ccccc1. The topological polar surface area (TPSA) is 131 Å². The second-order valence-corrected chi connectivity index (χ2v) is 24.4. The smallest absolute Gasteiger partial charge is 0.384 e. The lowest BCUT2D eigenvalue weighted by Gasteiger charge is -2.26. The minimum absolute atomic E-state index is 0.153. The van der Waals surface area contributed by atoms with Crippen molar-refractivity contribution in [1.29, 1.82) is 0 Å². The average molecular weight is 1350 g/mol. The van der Waals surface area contributed by atoms with E-state index in [4.69, 9.17) is 80.9 Å². The molecule has 0 radical (unpaired) electrons. The van der Waals surface area contributed by atoms with E-state index in [1.165, 1.54) is 120 Å². The minimum atomic E-state index is -4.87. The molecular weight excluding hydrogens is 1240 g/mol. The summed E-state index contributed by atoms with van der Waals surface area (Å²) in [6.07, 6.45) is 85.5. The highest BCUT2D eigenvalue weighted by atomic mass is 19.4. The molecule has 0 amide bonds. The Labute approximate surface area is 597 Å². The first kappa shape index (κ1) is 94.3. The van der Waals surface area contributed by atoms with Gasteiger partial charge in [0.15, 0.2) is 0 Å². The third-order valence-electron chi connectivity index (χ3n) is 15.7. The first-order valence-electron chi connectivity index (χ1n) is 33.6. The van der Waals surface area contributed by atoms with Crippen LogP contribution in [0, 0.1) is 166 Å². The van der Waals surface area contributed by atoms with Crippen LogP contribution in [0.2, 0.25) is 0 Å². The Morgan fingerprint density at radius 3 is 1.10 bits per heavy atom. The van der Waals surface area contributed by atoms with Gasteiger partial charge in [0.2, 0.25) is 5.60 Å². The standard InChI is InChI=1S/C10H7F3O.C10H10O.C10H10.C9H14.C8H12O.C8H6.C8H12.C7H10O.C7H10.C5H8O.C4H6O.C3H4O/c1-2-9(14,10(11,12)13)8-6-4-3-5-7-8;1-3-10(2,11)9-7-5-4-6-8-9;1-2-3-7-10-8-5-4-6-9-10;1-2-6-9-7-4-3-5-8-9;1-2-8(9)6-4-3-5-7-8;1-2-8-6-4-3-5-7-8;1-2-5-8-6-3-4-7-8;1-2-7(8)5-3-4-6-7;1-2-7-5-3-4-6-7;1-4-5(2,3)6;1-3-4-5-2;1-2-3-4/h1,3-7,14H;1,4-8,11H,2H3;1,4-6,8-9H,3,7H2;1,9H,3-8H2;1,9H,3-7H2;1,3-7H;1,8H,3-7H2;1,8H,3-6H2;1,7H,3-6H2;1,6H,2-3H3;1H,4H2,2H3;1,4H,3H2. The van der Waals surface area contributed by atoms with E-state index in [2.05, 4.69) is 82.5 Å². The van der Waals surface area contributed by atoms with Crippen LogP contribution in [0.25, 0.3) is 0 Å². The van der Waals surface area contributed by atoms with Gasteiger partial charge in [0.25, 0.3) is 0 Å². The van der Waals surface area contributed by atoms with Crippen LogP contribution in [0.3, 0.4) is 0 Å². The van der Waals surface area contributed by atoms with Crippen LogP contribution in [-0.2, 0) is 22.4 Å². The van der Waals surface area contributed by atoms with Gasteiger partial charge in [-0.2, -0.15) is 13.2 Å². The van der Waals surface area contributed by atoms with Crippen molar-refractivity contribution in [3.8, 4) is 148 Å².